The van der Waals surface area contributed by atoms with Crippen molar-refractivity contribution >= 4 is 11.0 Å². The molecule has 4 heteroatoms. The summed E-state index contributed by atoms with van der Waals surface area (Å²) in [5.74, 6) is -0.243. The standard InChI is InChI=1S/C25H26N2O2/c1-14-7-16(3)24(17(4)8-14)26-13-27(21-12-23(29)22(28)11-20(21)26)25-18(5)9-15(2)10-19(25)6/h7-13H,1-6H3,(H-,28,29)/p+1. The van der Waals surface area contributed by atoms with E-state index in [1.54, 1.807) is 12.1 Å². The molecule has 0 unspecified atom stereocenters. The molecule has 0 fully saturated rings. The van der Waals surface area contributed by atoms with E-state index in [-0.39, 0.29) is 11.5 Å². The molecule has 1 heterocycles. The van der Waals surface area contributed by atoms with E-state index in [1.807, 2.05) is 0 Å². The maximum Gasteiger partial charge on any atom is 0.255 e. The van der Waals surface area contributed by atoms with Gasteiger partial charge in [0.15, 0.2) is 22.5 Å². The number of phenols is 2. The summed E-state index contributed by atoms with van der Waals surface area (Å²) >= 11 is 0. The highest BCUT2D eigenvalue weighted by atomic mass is 16.3. The zero-order chi connectivity index (χ0) is 21.0. The van der Waals surface area contributed by atoms with Crippen molar-refractivity contribution in [1.82, 2.24) is 4.57 Å². The molecule has 0 saturated carbocycles. The molecule has 1 aromatic heterocycles. The second kappa shape index (κ2) is 6.66. The monoisotopic (exact) mass is 387 g/mol. The Morgan fingerprint density at radius 2 is 1.14 bits per heavy atom. The summed E-state index contributed by atoms with van der Waals surface area (Å²) in [6, 6.07) is 11.9. The van der Waals surface area contributed by atoms with Crippen molar-refractivity contribution in [3.63, 3.8) is 0 Å². The zero-order valence-electron chi connectivity index (χ0n) is 17.8. The van der Waals surface area contributed by atoms with Crippen LogP contribution in [0.3, 0.4) is 0 Å². The Morgan fingerprint density at radius 3 is 1.69 bits per heavy atom. The van der Waals surface area contributed by atoms with E-state index in [2.05, 4.69) is 81.3 Å². The summed E-state index contributed by atoms with van der Waals surface area (Å²) in [7, 11) is 0. The smallest absolute Gasteiger partial charge is 0.255 e. The molecule has 4 aromatic rings. The van der Waals surface area contributed by atoms with Gasteiger partial charge in [-0.3, -0.25) is 0 Å². The van der Waals surface area contributed by atoms with Crippen LogP contribution in [0.2, 0.25) is 0 Å². The highest BCUT2D eigenvalue weighted by Gasteiger charge is 2.25. The lowest BCUT2D eigenvalue weighted by Gasteiger charge is -2.09. The number of nitrogens with zero attached hydrogens (tertiary/aromatic N) is 2. The first-order chi connectivity index (χ1) is 13.7. The first-order valence-electron chi connectivity index (χ1n) is 9.82. The lowest BCUT2D eigenvalue weighted by atomic mass is 10.0. The lowest BCUT2D eigenvalue weighted by molar-refractivity contribution is -0.568. The van der Waals surface area contributed by atoms with Crippen molar-refractivity contribution in [3.8, 4) is 22.9 Å². The number of phenolic OH excluding ortho intramolecular Hbond substituents is 2. The average molecular weight is 388 g/mol. The number of hydrogen-bond donors (Lipinski definition) is 2. The van der Waals surface area contributed by atoms with E-state index >= 15 is 0 Å². The number of aromatic hydroxyl groups is 2. The van der Waals surface area contributed by atoms with Gasteiger partial charge in [-0.2, -0.15) is 9.13 Å². The number of imidazole rings is 1. The number of hydrogen-bond acceptors (Lipinski definition) is 2. The maximum absolute atomic E-state index is 10.2. The molecule has 0 saturated heterocycles. The summed E-state index contributed by atoms with van der Waals surface area (Å²) in [5.41, 5.74) is 11.0. The Labute approximate surface area is 171 Å². The van der Waals surface area contributed by atoms with Crippen molar-refractivity contribution in [2.75, 3.05) is 0 Å². The number of rotatable bonds is 2. The van der Waals surface area contributed by atoms with Crippen molar-refractivity contribution < 1.29 is 14.8 Å². The highest BCUT2D eigenvalue weighted by molar-refractivity contribution is 5.80. The Bertz CT molecular complexity index is 1140. The minimum atomic E-state index is -0.122. The maximum atomic E-state index is 10.2. The van der Waals surface area contributed by atoms with Crippen LogP contribution in [0.15, 0.2) is 42.7 Å². The SMILES string of the molecule is Cc1cc(C)c(-n2c[n+](-c3c(C)cc(C)cc3C)c3cc(O)c(O)cc32)c(C)c1. The quantitative estimate of drug-likeness (QED) is 0.368. The van der Waals surface area contributed by atoms with E-state index in [9.17, 15) is 10.2 Å². The predicted octanol–water partition coefficient (Wildman–Crippen LogP) is 5.17. The van der Waals surface area contributed by atoms with Gasteiger partial charge in [-0.25, -0.2) is 0 Å². The van der Waals surface area contributed by atoms with Crippen LogP contribution in [-0.4, -0.2) is 14.8 Å². The molecule has 3 aromatic carbocycles. The van der Waals surface area contributed by atoms with Crippen LogP contribution in [0, 0.1) is 41.5 Å². The third-order valence-corrected chi connectivity index (χ3v) is 5.57. The van der Waals surface area contributed by atoms with Gasteiger partial charge < -0.3 is 10.2 Å². The minimum absolute atomic E-state index is 0.122. The van der Waals surface area contributed by atoms with Gasteiger partial charge in [0, 0.05) is 12.1 Å². The molecule has 0 aliphatic carbocycles. The Balaban J connectivity index is 2.14. The summed E-state index contributed by atoms with van der Waals surface area (Å²) in [6.45, 7) is 12.6. The first-order valence-corrected chi connectivity index (χ1v) is 9.82. The summed E-state index contributed by atoms with van der Waals surface area (Å²) in [5, 5.41) is 20.4. The third-order valence-electron chi connectivity index (χ3n) is 5.57. The van der Waals surface area contributed by atoms with Gasteiger partial charge in [-0.1, -0.05) is 35.4 Å². The zero-order valence-corrected chi connectivity index (χ0v) is 17.8. The van der Waals surface area contributed by atoms with Gasteiger partial charge in [-0.15, -0.1) is 0 Å². The number of benzene rings is 3. The van der Waals surface area contributed by atoms with Crippen LogP contribution in [-0.2, 0) is 0 Å². The number of aryl methyl sites for hydroxylation is 6. The van der Waals surface area contributed by atoms with E-state index in [0.717, 1.165) is 44.7 Å². The normalized spacial score (nSPS) is 11.4. The fraction of sp³-hybridized carbons (Fsp3) is 0.240. The molecular weight excluding hydrogens is 360 g/mol. The van der Waals surface area contributed by atoms with Crippen LogP contribution < -0.4 is 4.57 Å². The van der Waals surface area contributed by atoms with Crippen LogP contribution in [0.1, 0.15) is 33.4 Å². The molecule has 0 spiro atoms. The molecule has 4 rings (SSSR count). The largest absolute Gasteiger partial charge is 0.504 e. The molecule has 0 atom stereocenters. The number of fused-ring (bicyclic) bond motifs is 1. The second-order valence-electron chi connectivity index (χ2n) is 8.18. The van der Waals surface area contributed by atoms with E-state index in [4.69, 9.17) is 0 Å². The van der Waals surface area contributed by atoms with Crippen molar-refractivity contribution in [1.29, 1.82) is 0 Å². The van der Waals surface area contributed by atoms with Crippen LogP contribution >= 0.6 is 0 Å². The molecule has 4 nitrogen and oxygen atoms in total. The van der Waals surface area contributed by atoms with Gasteiger partial charge in [-0.05, 0) is 63.8 Å². The molecule has 148 valence electrons. The third kappa shape index (κ3) is 3.05. The van der Waals surface area contributed by atoms with Gasteiger partial charge >= 0.3 is 0 Å². The summed E-state index contributed by atoms with van der Waals surface area (Å²) in [6.07, 6.45) is 2.05. The van der Waals surface area contributed by atoms with Gasteiger partial charge in [0.25, 0.3) is 6.33 Å². The molecule has 0 amide bonds. The summed E-state index contributed by atoms with van der Waals surface area (Å²) < 4.78 is 4.22. The Morgan fingerprint density at radius 1 is 0.655 bits per heavy atom. The van der Waals surface area contributed by atoms with Crippen molar-refractivity contribution in [3.05, 3.63) is 76.1 Å². The molecule has 0 aliphatic rings. The van der Waals surface area contributed by atoms with Gasteiger partial charge in [0.2, 0.25) is 0 Å². The van der Waals surface area contributed by atoms with Crippen LogP contribution in [0.5, 0.6) is 11.5 Å². The first kappa shape index (κ1) is 19.1. The lowest BCUT2D eigenvalue weighted by Crippen LogP contribution is -2.31. The Kier molecular flexibility index (Phi) is 4.38. The number of aromatic nitrogens is 2. The minimum Gasteiger partial charge on any atom is -0.504 e. The van der Waals surface area contributed by atoms with Crippen LogP contribution in [0.4, 0.5) is 0 Å². The summed E-state index contributed by atoms with van der Waals surface area (Å²) in [4.78, 5) is 0. The van der Waals surface area contributed by atoms with Gasteiger partial charge in [0.1, 0.15) is 11.4 Å². The highest BCUT2D eigenvalue weighted by Crippen LogP contribution is 2.33. The van der Waals surface area contributed by atoms with E-state index < -0.39 is 0 Å². The molecule has 29 heavy (non-hydrogen) atoms. The van der Waals surface area contributed by atoms with Crippen molar-refractivity contribution in [2.24, 2.45) is 0 Å². The molecule has 2 N–H and O–H groups in total. The molecule has 0 bridgehead atoms. The average Bonchev–Trinajstić information content (AvgIpc) is 2.92. The van der Waals surface area contributed by atoms with E-state index in [0.29, 0.717) is 0 Å². The molecular formula is C25H27N2O2+. The second-order valence-corrected chi connectivity index (χ2v) is 8.18. The van der Waals surface area contributed by atoms with Gasteiger partial charge in [0.05, 0.1) is 0 Å². The molecule has 0 aliphatic heterocycles. The van der Waals surface area contributed by atoms with E-state index in [1.165, 1.54) is 11.1 Å². The van der Waals surface area contributed by atoms with Crippen LogP contribution in [0.25, 0.3) is 22.4 Å². The topological polar surface area (TPSA) is 49.3 Å². The fourth-order valence-electron chi connectivity index (χ4n) is 4.64. The molecule has 0 radical (unpaired) electrons. The predicted molar refractivity (Wildman–Crippen MR) is 117 cm³/mol. The van der Waals surface area contributed by atoms with Crippen molar-refractivity contribution in [2.45, 2.75) is 41.5 Å². The Hall–Kier alpha value is -3.27. The fourth-order valence-corrected chi connectivity index (χ4v) is 4.64.